The Morgan fingerprint density at radius 2 is 1.90 bits per heavy atom. The Hall–Kier alpha value is -1.81. The molecule has 1 aromatic heterocycles. The number of fused-ring (bicyclic) bond motifs is 3. The molecule has 2 aromatic rings. The van der Waals surface area contributed by atoms with Crippen LogP contribution in [0.2, 0.25) is 0 Å². The van der Waals surface area contributed by atoms with Gasteiger partial charge in [0, 0.05) is 12.1 Å². The fourth-order valence-corrected chi connectivity index (χ4v) is 2.67. The molecule has 0 radical (unpaired) electrons. The number of nitrogens with one attached hydrogen (secondary N) is 1. The van der Waals surface area contributed by atoms with Crippen LogP contribution in [0.3, 0.4) is 0 Å². The quantitative estimate of drug-likeness (QED) is 0.910. The molecule has 1 aromatic carbocycles. The summed E-state index contributed by atoms with van der Waals surface area (Å²) in [5.74, 6) is 1.68. The summed E-state index contributed by atoms with van der Waals surface area (Å²) in [5, 5.41) is 7.74. The molecule has 0 atom stereocenters. The number of benzene rings is 1. The third kappa shape index (κ3) is 2.56. The van der Waals surface area contributed by atoms with Gasteiger partial charge in [0.25, 0.3) is 0 Å². The Morgan fingerprint density at radius 3 is 2.62 bits per heavy atom. The average molecular weight is 286 g/mol. The summed E-state index contributed by atoms with van der Waals surface area (Å²) in [6.07, 6.45) is 0. The van der Waals surface area contributed by atoms with Crippen molar-refractivity contribution in [3.05, 3.63) is 35.5 Å². The summed E-state index contributed by atoms with van der Waals surface area (Å²) in [6.45, 7) is 11.2. The summed E-state index contributed by atoms with van der Waals surface area (Å²) in [7, 11) is 0. The molecule has 112 valence electrons. The third-order valence-electron chi connectivity index (χ3n) is 3.65. The van der Waals surface area contributed by atoms with E-state index in [0.29, 0.717) is 6.54 Å². The molecule has 0 amide bonds. The average Bonchev–Trinajstić information content (AvgIpc) is 2.80. The number of aromatic nitrogens is 1. The number of hydrogen-bond acceptors (Lipinski definition) is 4. The normalized spacial score (nSPS) is 16.0. The van der Waals surface area contributed by atoms with Gasteiger partial charge in [0.15, 0.2) is 5.76 Å². The van der Waals surface area contributed by atoms with Gasteiger partial charge in [0.2, 0.25) is 0 Å². The monoisotopic (exact) mass is 286 g/mol. The molecule has 0 aliphatic carbocycles. The van der Waals surface area contributed by atoms with Crippen LogP contribution in [-0.4, -0.2) is 10.7 Å². The van der Waals surface area contributed by atoms with Crippen LogP contribution in [0.4, 0.5) is 0 Å². The van der Waals surface area contributed by atoms with Crippen LogP contribution in [0.1, 0.15) is 45.9 Å². The second kappa shape index (κ2) is 4.60. The van der Waals surface area contributed by atoms with Crippen molar-refractivity contribution in [3.63, 3.8) is 0 Å². The number of rotatable bonds is 2. The predicted molar refractivity (Wildman–Crippen MR) is 82.2 cm³/mol. The van der Waals surface area contributed by atoms with E-state index in [0.717, 1.165) is 28.3 Å². The SMILES string of the molecule is CC(C)(C)NCc1noc2c1C(C)(C)Oc1ccccc1-2. The van der Waals surface area contributed by atoms with E-state index in [1.54, 1.807) is 0 Å². The lowest BCUT2D eigenvalue weighted by Crippen LogP contribution is -2.37. The maximum atomic E-state index is 6.15. The van der Waals surface area contributed by atoms with Crippen molar-refractivity contribution in [2.24, 2.45) is 0 Å². The van der Waals surface area contributed by atoms with Gasteiger partial charge in [-0.15, -0.1) is 0 Å². The van der Waals surface area contributed by atoms with Crippen molar-refractivity contribution in [2.45, 2.75) is 52.3 Å². The molecule has 0 saturated heterocycles. The highest BCUT2D eigenvalue weighted by Gasteiger charge is 2.38. The molecule has 0 spiro atoms. The van der Waals surface area contributed by atoms with Gasteiger partial charge in [-0.05, 0) is 46.8 Å². The van der Waals surface area contributed by atoms with Gasteiger partial charge in [0.05, 0.1) is 11.1 Å². The largest absolute Gasteiger partial charge is 0.482 e. The number of ether oxygens (including phenoxy) is 1. The summed E-state index contributed by atoms with van der Waals surface area (Å²) < 4.78 is 11.8. The van der Waals surface area contributed by atoms with E-state index in [9.17, 15) is 0 Å². The summed E-state index contributed by atoms with van der Waals surface area (Å²) in [5.41, 5.74) is 2.51. The molecule has 4 nitrogen and oxygen atoms in total. The van der Waals surface area contributed by atoms with E-state index in [2.05, 4.69) is 45.1 Å². The number of para-hydroxylation sites is 1. The van der Waals surface area contributed by atoms with Crippen LogP contribution in [0.25, 0.3) is 11.3 Å². The van der Waals surface area contributed by atoms with Crippen LogP contribution in [0.5, 0.6) is 5.75 Å². The van der Waals surface area contributed by atoms with E-state index in [1.165, 1.54) is 0 Å². The zero-order valence-corrected chi connectivity index (χ0v) is 13.3. The highest BCUT2D eigenvalue weighted by molar-refractivity contribution is 5.72. The van der Waals surface area contributed by atoms with Gasteiger partial charge in [-0.2, -0.15) is 0 Å². The van der Waals surface area contributed by atoms with E-state index in [1.807, 2.05) is 24.3 Å². The fourth-order valence-electron chi connectivity index (χ4n) is 2.67. The van der Waals surface area contributed by atoms with Gasteiger partial charge in [-0.3, -0.25) is 0 Å². The van der Waals surface area contributed by atoms with E-state index in [-0.39, 0.29) is 5.54 Å². The standard InChI is InChI=1S/C17H22N2O2/c1-16(2,3)18-10-12-14-15(21-19-12)11-8-6-7-9-13(11)20-17(14,4)5/h6-9,18H,10H2,1-5H3. The highest BCUT2D eigenvalue weighted by atomic mass is 16.5. The molecule has 1 aliphatic rings. The molecule has 0 unspecified atom stereocenters. The molecule has 4 heteroatoms. The lowest BCUT2D eigenvalue weighted by Gasteiger charge is -2.32. The Labute approximate surface area is 125 Å². The van der Waals surface area contributed by atoms with Gasteiger partial charge in [-0.25, -0.2) is 0 Å². The molecule has 0 bridgehead atoms. The van der Waals surface area contributed by atoms with E-state index < -0.39 is 5.60 Å². The fraction of sp³-hybridized carbons (Fsp3) is 0.471. The smallest absolute Gasteiger partial charge is 0.178 e. The Balaban J connectivity index is 2.04. The Morgan fingerprint density at radius 1 is 1.19 bits per heavy atom. The topological polar surface area (TPSA) is 47.3 Å². The third-order valence-corrected chi connectivity index (χ3v) is 3.65. The second-order valence-electron chi connectivity index (χ2n) is 7.05. The molecule has 2 heterocycles. The first-order chi connectivity index (χ1) is 9.78. The lowest BCUT2D eigenvalue weighted by atomic mass is 9.89. The van der Waals surface area contributed by atoms with Crippen molar-refractivity contribution in [1.82, 2.24) is 10.5 Å². The van der Waals surface area contributed by atoms with Crippen molar-refractivity contribution in [3.8, 4) is 17.1 Å². The molecule has 0 saturated carbocycles. The zero-order valence-electron chi connectivity index (χ0n) is 13.3. The van der Waals surface area contributed by atoms with Crippen LogP contribution in [-0.2, 0) is 12.1 Å². The molecule has 0 fully saturated rings. The van der Waals surface area contributed by atoms with Crippen molar-refractivity contribution in [2.75, 3.05) is 0 Å². The van der Waals surface area contributed by atoms with Gasteiger partial charge in [-0.1, -0.05) is 17.3 Å². The molecule has 21 heavy (non-hydrogen) atoms. The Kier molecular flexibility index (Phi) is 3.10. The number of hydrogen-bond donors (Lipinski definition) is 1. The van der Waals surface area contributed by atoms with Gasteiger partial charge >= 0.3 is 0 Å². The second-order valence-corrected chi connectivity index (χ2v) is 7.05. The summed E-state index contributed by atoms with van der Waals surface area (Å²) in [6, 6.07) is 7.93. The maximum absolute atomic E-state index is 6.15. The van der Waals surface area contributed by atoms with Crippen molar-refractivity contribution < 1.29 is 9.26 Å². The first-order valence-electron chi connectivity index (χ1n) is 7.30. The minimum absolute atomic E-state index is 0.0312. The molecular formula is C17H22N2O2. The predicted octanol–water partition coefficient (Wildman–Crippen LogP) is 3.86. The van der Waals surface area contributed by atoms with Crippen LogP contribution < -0.4 is 10.1 Å². The minimum atomic E-state index is -0.446. The van der Waals surface area contributed by atoms with E-state index >= 15 is 0 Å². The highest BCUT2D eigenvalue weighted by Crippen LogP contribution is 2.46. The molecule has 3 rings (SSSR count). The Bertz CT molecular complexity index is 666. The summed E-state index contributed by atoms with van der Waals surface area (Å²) in [4.78, 5) is 0. The van der Waals surface area contributed by atoms with Crippen molar-refractivity contribution in [1.29, 1.82) is 0 Å². The first kappa shape index (κ1) is 14.1. The molecule has 1 aliphatic heterocycles. The van der Waals surface area contributed by atoms with E-state index in [4.69, 9.17) is 9.26 Å². The van der Waals surface area contributed by atoms with Crippen molar-refractivity contribution >= 4 is 0 Å². The van der Waals surface area contributed by atoms with Crippen LogP contribution in [0.15, 0.2) is 28.8 Å². The zero-order chi connectivity index (χ0) is 15.3. The van der Waals surface area contributed by atoms with Crippen LogP contribution in [0, 0.1) is 0 Å². The maximum Gasteiger partial charge on any atom is 0.178 e. The van der Waals surface area contributed by atoms with Gasteiger partial charge < -0.3 is 14.6 Å². The number of nitrogens with zero attached hydrogens (tertiary/aromatic N) is 1. The molecular weight excluding hydrogens is 264 g/mol. The first-order valence-corrected chi connectivity index (χ1v) is 7.30. The lowest BCUT2D eigenvalue weighted by molar-refractivity contribution is 0.103. The van der Waals surface area contributed by atoms with Crippen LogP contribution >= 0.6 is 0 Å². The molecule has 1 N–H and O–H groups in total. The minimum Gasteiger partial charge on any atom is -0.482 e. The summed E-state index contributed by atoms with van der Waals surface area (Å²) >= 11 is 0. The van der Waals surface area contributed by atoms with Gasteiger partial charge in [0.1, 0.15) is 17.0 Å².